The molecule has 3 rings (SSSR count). The van der Waals surface area contributed by atoms with Crippen molar-refractivity contribution in [2.24, 2.45) is 5.92 Å². The molecule has 22 heavy (non-hydrogen) atoms. The molecule has 1 aromatic rings. The number of ether oxygens (including phenoxy) is 1. The largest absolute Gasteiger partial charge is 0.488 e. The van der Waals surface area contributed by atoms with Gasteiger partial charge in [0.05, 0.1) is 12.5 Å². The molecule has 1 atom stereocenters. The summed E-state index contributed by atoms with van der Waals surface area (Å²) in [7, 11) is 0. The number of aliphatic carboxylic acids is 1. The Balaban J connectivity index is 1.43. The van der Waals surface area contributed by atoms with Crippen LogP contribution in [0.25, 0.3) is 0 Å². The van der Waals surface area contributed by atoms with Gasteiger partial charge in [-0.3, -0.25) is 4.79 Å². The maximum absolute atomic E-state index is 12.1. The highest BCUT2D eigenvalue weighted by atomic mass is 16.5. The molecule has 2 aliphatic heterocycles. The van der Waals surface area contributed by atoms with Gasteiger partial charge in [0.2, 0.25) is 0 Å². The van der Waals surface area contributed by atoms with Gasteiger partial charge in [-0.05, 0) is 24.5 Å². The first-order chi connectivity index (χ1) is 10.6. The molecule has 0 bridgehead atoms. The summed E-state index contributed by atoms with van der Waals surface area (Å²) in [5.74, 6) is -0.196. The van der Waals surface area contributed by atoms with E-state index < -0.39 is 5.97 Å². The van der Waals surface area contributed by atoms with E-state index >= 15 is 0 Å². The summed E-state index contributed by atoms with van der Waals surface area (Å²) in [6, 6.07) is 7.76. The lowest BCUT2D eigenvalue weighted by Gasteiger charge is -2.30. The number of hydrogen-bond donors (Lipinski definition) is 2. The number of benzene rings is 1. The van der Waals surface area contributed by atoms with E-state index in [1.807, 2.05) is 24.3 Å². The molecule has 1 unspecified atom stereocenters. The summed E-state index contributed by atoms with van der Waals surface area (Å²) in [6.07, 6.45) is 1.82. The van der Waals surface area contributed by atoms with Crippen LogP contribution in [-0.4, -0.2) is 47.7 Å². The smallest absolute Gasteiger partial charge is 0.317 e. The number of likely N-dealkylation sites (tertiary alicyclic amines) is 1. The second kappa shape index (κ2) is 6.25. The van der Waals surface area contributed by atoms with E-state index in [4.69, 9.17) is 9.84 Å². The number of carboxylic acid groups (broad SMARTS) is 1. The van der Waals surface area contributed by atoms with E-state index in [9.17, 15) is 9.59 Å². The molecule has 0 aromatic heterocycles. The number of carbonyl (C=O) groups is 2. The predicted octanol–water partition coefficient (Wildman–Crippen LogP) is 1.50. The zero-order chi connectivity index (χ0) is 15.5. The third kappa shape index (κ3) is 3.16. The maximum atomic E-state index is 12.1. The Bertz CT molecular complexity index is 542. The molecule has 2 amide bonds. The van der Waals surface area contributed by atoms with Crippen molar-refractivity contribution in [1.29, 1.82) is 0 Å². The number of para-hydroxylation sites is 1. The summed E-state index contributed by atoms with van der Waals surface area (Å²) in [6.45, 7) is 1.45. The number of hydrogen-bond acceptors (Lipinski definition) is 3. The van der Waals surface area contributed by atoms with Crippen LogP contribution in [-0.2, 0) is 11.2 Å². The SMILES string of the molecule is O=C(O)C1CCN(C(=O)NCC2Cc3ccccc3O2)CC1. The van der Waals surface area contributed by atoms with Gasteiger partial charge >= 0.3 is 12.0 Å². The first kappa shape index (κ1) is 14.7. The Morgan fingerprint density at radius 2 is 2.00 bits per heavy atom. The van der Waals surface area contributed by atoms with Gasteiger partial charge in [0, 0.05) is 19.5 Å². The summed E-state index contributed by atoms with van der Waals surface area (Å²) in [4.78, 5) is 24.7. The standard InChI is InChI=1S/C16H20N2O4/c19-15(20)11-5-7-18(8-6-11)16(21)17-10-13-9-12-3-1-2-4-14(12)22-13/h1-4,11,13H,5-10H2,(H,17,21)(H,19,20). The van der Waals surface area contributed by atoms with Crippen LogP contribution in [0.3, 0.4) is 0 Å². The van der Waals surface area contributed by atoms with E-state index in [1.165, 1.54) is 5.56 Å². The quantitative estimate of drug-likeness (QED) is 0.887. The average Bonchev–Trinajstić information content (AvgIpc) is 2.95. The Hall–Kier alpha value is -2.24. The zero-order valence-electron chi connectivity index (χ0n) is 12.3. The second-order valence-electron chi connectivity index (χ2n) is 5.84. The molecule has 0 saturated carbocycles. The van der Waals surface area contributed by atoms with Gasteiger partial charge in [0.15, 0.2) is 0 Å². The molecular weight excluding hydrogens is 284 g/mol. The number of nitrogens with one attached hydrogen (secondary N) is 1. The molecule has 1 fully saturated rings. The second-order valence-corrected chi connectivity index (χ2v) is 5.84. The lowest BCUT2D eigenvalue weighted by molar-refractivity contribution is -0.143. The maximum Gasteiger partial charge on any atom is 0.317 e. The number of carbonyl (C=O) groups excluding carboxylic acids is 1. The number of urea groups is 1. The van der Waals surface area contributed by atoms with Crippen LogP contribution >= 0.6 is 0 Å². The minimum Gasteiger partial charge on any atom is -0.488 e. The number of amides is 2. The topological polar surface area (TPSA) is 78.9 Å². The van der Waals surface area contributed by atoms with Crippen molar-refractivity contribution in [2.45, 2.75) is 25.4 Å². The van der Waals surface area contributed by atoms with Crippen LogP contribution in [0, 0.1) is 5.92 Å². The van der Waals surface area contributed by atoms with Crippen molar-refractivity contribution in [3.05, 3.63) is 29.8 Å². The van der Waals surface area contributed by atoms with Crippen molar-refractivity contribution in [2.75, 3.05) is 19.6 Å². The van der Waals surface area contributed by atoms with Gasteiger partial charge in [-0.2, -0.15) is 0 Å². The number of piperidine rings is 1. The van der Waals surface area contributed by atoms with Crippen molar-refractivity contribution in [1.82, 2.24) is 10.2 Å². The molecule has 0 spiro atoms. The van der Waals surface area contributed by atoms with E-state index in [-0.39, 0.29) is 18.1 Å². The van der Waals surface area contributed by atoms with Gasteiger partial charge in [0.1, 0.15) is 11.9 Å². The molecule has 2 heterocycles. The molecule has 2 aliphatic rings. The van der Waals surface area contributed by atoms with Gasteiger partial charge in [0.25, 0.3) is 0 Å². The van der Waals surface area contributed by atoms with E-state index in [0.29, 0.717) is 32.5 Å². The molecule has 2 N–H and O–H groups in total. The van der Waals surface area contributed by atoms with E-state index in [2.05, 4.69) is 5.32 Å². The van der Waals surface area contributed by atoms with Gasteiger partial charge in [-0.25, -0.2) is 4.79 Å². The molecule has 6 nitrogen and oxygen atoms in total. The third-order valence-corrected chi connectivity index (χ3v) is 4.33. The van der Waals surface area contributed by atoms with Crippen molar-refractivity contribution >= 4 is 12.0 Å². The van der Waals surface area contributed by atoms with E-state index in [1.54, 1.807) is 4.90 Å². The number of carboxylic acids is 1. The third-order valence-electron chi connectivity index (χ3n) is 4.33. The van der Waals surface area contributed by atoms with Crippen molar-refractivity contribution in [3.63, 3.8) is 0 Å². The fourth-order valence-electron chi connectivity index (χ4n) is 3.01. The Labute approximate surface area is 129 Å². The van der Waals surface area contributed by atoms with Crippen LogP contribution in [0.4, 0.5) is 4.79 Å². The van der Waals surface area contributed by atoms with Gasteiger partial charge in [-0.15, -0.1) is 0 Å². The minimum absolute atomic E-state index is 0.0297. The summed E-state index contributed by atoms with van der Waals surface area (Å²) >= 11 is 0. The Morgan fingerprint density at radius 1 is 1.27 bits per heavy atom. The summed E-state index contributed by atoms with van der Waals surface area (Å²) < 4.78 is 5.78. The molecular formula is C16H20N2O4. The van der Waals surface area contributed by atoms with Gasteiger partial charge < -0.3 is 20.1 Å². The zero-order valence-corrected chi connectivity index (χ0v) is 12.3. The number of nitrogens with zero attached hydrogens (tertiary/aromatic N) is 1. The summed E-state index contributed by atoms with van der Waals surface area (Å²) in [5, 5.41) is 11.8. The molecule has 0 aliphatic carbocycles. The van der Waals surface area contributed by atoms with Crippen molar-refractivity contribution < 1.29 is 19.4 Å². The molecule has 0 radical (unpaired) electrons. The first-order valence-corrected chi connectivity index (χ1v) is 7.63. The highest BCUT2D eigenvalue weighted by Gasteiger charge is 2.28. The van der Waals surface area contributed by atoms with Crippen LogP contribution in [0.1, 0.15) is 18.4 Å². The lowest BCUT2D eigenvalue weighted by Crippen LogP contribution is -2.47. The van der Waals surface area contributed by atoms with Crippen LogP contribution in [0.15, 0.2) is 24.3 Å². The molecule has 1 saturated heterocycles. The monoisotopic (exact) mass is 304 g/mol. The highest BCUT2D eigenvalue weighted by Crippen LogP contribution is 2.27. The lowest BCUT2D eigenvalue weighted by atomic mass is 9.97. The van der Waals surface area contributed by atoms with E-state index in [0.717, 1.165) is 12.2 Å². The molecule has 6 heteroatoms. The average molecular weight is 304 g/mol. The predicted molar refractivity (Wildman–Crippen MR) is 79.9 cm³/mol. The summed E-state index contributed by atoms with van der Waals surface area (Å²) in [5.41, 5.74) is 1.17. The van der Waals surface area contributed by atoms with Crippen LogP contribution in [0.5, 0.6) is 5.75 Å². The van der Waals surface area contributed by atoms with Crippen LogP contribution < -0.4 is 10.1 Å². The minimum atomic E-state index is -0.767. The fourth-order valence-corrected chi connectivity index (χ4v) is 3.01. The molecule has 118 valence electrons. The normalized spacial score (nSPS) is 21.1. The fraction of sp³-hybridized carbons (Fsp3) is 0.500. The number of fused-ring (bicyclic) bond motifs is 1. The van der Waals surface area contributed by atoms with Crippen molar-refractivity contribution in [3.8, 4) is 5.75 Å². The Kier molecular flexibility index (Phi) is 4.18. The Morgan fingerprint density at radius 3 is 2.68 bits per heavy atom. The first-order valence-electron chi connectivity index (χ1n) is 7.63. The van der Waals surface area contributed by atoms with Crippen LogP contribution in [0.2, 0.25) is 0 Å². The highest BCUT2D eigenvalue weighted by molar-refractivity contribution is 5.75. The molecule has 1 aromatic carbocycles. The van der Waals surface area contributed by atoms with Gasteiger partial charge in [-0.1, -0.05) is 18.2 Å². The number of rotatable bonds is 3.